The quantitative estimate of drug-likeness (QED) is 0.805. The fourth-order valence-corrected chi connectivity index (χ4v) is 2.85. The van der Waals surface area contributed by atoms with E-state index in [1.165, 1.54) is 17.5 Å². The molecular weight excluding hydrogens is 262 g/mol. The van der Waals surface area contributed by atoms with Gasteiger partial charge in [0, 0.05) is 23.3 Å². The monoisotopic (exact) mass is 275 g/mol. The summed E-state index contributed by atoms with van der Waals surface area (Å²) in [5, 5.41) is 8.03. The fourth-order valence-electron chi connectivity index (χ4n) is 2.32. The van der Waals surface area contributed by atoms with Crippen molar-refractivity contribution in [1.82, 2.24) is 10.3 Å². The Morgan fingerprint density at radius 2 is 2.42 bits per heavy atom. The van der Waals surface area contributed by atoms with Crippen molar-refractivity contribution in [3.63, 3.8) is 0 Å². The van der Waals surface area contributed by atoms with Crippen LogP contribution in [0.3, 0.4) is 0 Å². The molecule has 1 aliphatic heterocycles. The van der Waals surface area contributed by atoms with Crippen molar-refractivity contribution in [1.29, 1.82) is 0 Å². The van der Waals surface area contributed by atoms with Crippen LogP contribution >= 0.6 is 11.3 Å². The lowest BCUT2D eigenvalue weighted by molar-refractivity contribution is -0.118. The molecule has 98 valence electrons. The number of ketones is 1. The van der Waals surface area contributed by atoms with Crippen molar-refractivity contribution < 1.29 is 9.59 Å². The van der Waals surface area contributed by atoms with Crippen molar-refractivity contribution in [3.05, 3.63) is 35.0 Å². The van der Waals surface area contributed by atoms with Crippen LogP contribution in [0.5, 0.6) is 0 Å². The number of fused-ring (bicyclic) bond motifs is 1. The van der Waals surface area contributed by atoms with E-state index in [-0.39, 0.29) is 17.4 Å². The maximum absolute atomic E-state index is 12.3. The van der Waals surface area contributed by atoms with Gasteiger partial charge in [0.25, 0.3) is 5.91 Å². The zero-order valence-electron chi connectivity index (χ0n) is 10.2. The molecule has 2 aliphatic rings. The zero-order chi connectivity index (χ0) is 13.2. The van der Waals surface area contributed by atoms with Gasteiger partial charge >= 0.3 is 0 Å². The van der Waals surface area contributed by atoms with Crippen LogP contribution in [-0.2, 0) is 9.59 Å². The lowest BCUT2D eigenvalue weighted by Crippen LogP contribution is -2.40. The molecule has 1 aromatic heterocycles. The predicted molar refractivity (Wildman–Crippen MR) is 72.7 cm³/mol. The van der Waals surface area contributed by atoms with Gasteiger partial charge in [-0.15, -0.1) is 11.3 Å². The maximum atomic E-state index is 12.3. The first-order valence-electron chi connectivity index (χ1n) is 6.17. The standard InChI is InChI=1S/C13H13N3O2S/c17-11-8-3-1-2-4-10(8)15-7-9(11)12(18)16-13-14-5-6-19-13/h3,5-7,10,15H,1-2,4H2,(H,14,16,18). The van der Waals surface area contributed by atoms with Crippen LogP contribution in [-0.4, -0.2) is 22.7 Å². The number of carbonyl (C=O) groups excluding carboxylic acids is 2. The van der Waals surface area contributed by atoms with Crippen LogP contribution < -0.4 is 10.6 Å². The second-order valence-corrected chi connectivity index (χ2v) is 5.38. The minimum absolute atomic E-state index is 0.0673. The molecule has 1 aliphatic carbocycles. The number of nitrogens with one attached hydrogen (secondary N) is 2. The molecule has 0 aromatic carbocycles. The Kier molecular flexibility index (Phi) is 3.16. The first-order chi connectivity index (χ1) is 9.25. The molecule has 0 radical (unpaired) electrons. The zero-order valence-corrected chi connectivity index (χ0v) is 11.0. The van der Waals surface area contributed by atoms with Gasteiger partial charge in [0.05, 0.1) is 6.04 Å². The summed E-state index contributed by atoms with van der Waals surface area (Å²) in [6, 6.07) is 0.0673. The molecule has 0 spiro atoms. The summed E-state index contributed by atoms with van der Waals surface area (Å²) in [6.45, 7) is 0. The molecule has 19 heavy (non-hydrogen) atoms. The molecule has 6 heteroatoms. The van der Waals surface area contributed by atoms with Crippen molar-refractivity contribution in [2.45, 2.75) is 25.3 Å². The first kappa shape index (κ1) is 12.1. The lowest BCUT2D eigenvalue weighted by Gasteiger charge is -2.28. The number of hydrogen-bond donors (Lipinski definition) is 2. The summed E-state index contributed by atoms with van der Waals surface area (Å²) in [5.74, 6) is -0.574. The number of nitrogens with zero attached hydrogens (tertiary/aromatic N) is 1. The van der Waals surface area contributed by atoms with Crippen molar-refractivity contribution in [2.24, 2.45) is 0 Å². The van der Waals surface area contributed by atoms with E-state index in [1.54, 1.807) is 11.6 Å². The summed E-state index contributed by atoms with van der Waals surface area (Å²) in [6.07, 6.45) is 7.99. The third-order valence-corrected chi connectivity index (χ3v) is 3.96. The Labute approximate surface area is 114 Å². The molecule has 0 bridgehead atoms. The second-order valence-electron chi connectivity index (χ2n) is 4.49. The van der Waals surface area contributed by atoms with Gasteiger partial charge in [-0.2, -0.15) is 0 Å². The Hall–Kier alpha value is -1.95. The van der Waals surface area contributed by atoms with Gasteiger partial charge in [-0.1, -0.05) is 6.08 Å². The highest BCUT2D eigenvalue weighted by atomic mass is 32.1. The number of thiazole rings is 1. The molecule has 0 fully saturated rings. The number of amides is 1. The molecule has 2 heterocycles. The van der Waals surface area contributed by atoms with E-state index < -0.39 is 5.91 Å². The van der Waals surface area contributed by atoms with Crippen molar-refractivity contribution in [2.75, 3.05) is 5.32 Å². The minimum atomic E-state index is -0.405. The average Bonchev–Trinajstić information content (AvgIpc) is 2.92. The van der Waals surface area contributed by atoms with Gasteiger partial charge in [-0.25, -0.2) is 4.98 Å². The third kappa shape index (κ3) is 2.31. The fraction of sp³-hybridized carbons (Fsp3) is 0.308. The second kappa shape index (κ2) is 4.97. The van der Waals surface area contributed by atoms with Gasteiger partial charge in [0.15, 0.2) is 10.9 Å². The number of Topliss-reactive ketones (excluding diaryl/α,β-unsaturated/α-hetero) is 1. The normalized spacial score (nSPS) is 21.9. The van der Waals surface area contributed by atoms with Gasteiger partial charge in [0.1, 0.15) is 5.57 Å². The molecule has 3 rings (SSSR count). The maximum Gasteiger partial charge on any atom is 0.262 e. The highest BCUT2D eigenvalue weighted by Crippen LogP contribution is 2.25. The van der Waals surface area contributed by atoms with Crippen LogP contribution in [0.15, 0.2) is 35.0 Å². The van der Waals surface area contributed by atoms with Crippen LogP contribution in [0.2, 0.25) is 0 Å². The van der Waals surface area contributed by atoms with E-state index in [1.807, 2.05) is 6.08 Å². The molecule has 1 atom stereocenters. The molecule has 0 saturated carbocycles. The summed E-state index contributed by atoms with van der Waals surface area (Å²) < 4.78 is 0. The van der Waals surface area contributed by atoms with Gasteiger partial charge in [-0.05, 0) is 19.3 Å². The van der Waals surface area contributed by atoms with Gasteiger partial charge < -0.3 is 5.32 Å². The van der Waals surface area contributed by atoms with Gasteiger partial charge in [-0.3, -0.25) is 14.9 Å². The number of anilines is 1. The van der Waals surface area contributed by atoms with E-state index >= 15 is 0 Å². The third-order valence-electron chi connectivity index (χ3n) is 3.27. The Morgan fingerprint density at radius 1 is 1.53 bits per heavy atom. The number of aromatic nitrogens is 1. The van der Waals surface area contributed by atoms with Crippen LogP contribution in [0.1, 0.15) is 19.3 Å². The summed E-state index contributed by atoms with van der Waals surface area (Å²) in [7, 11) is 0. The van der Waals surface area contributed by atoms with E-state index in [4.69, 9.17) is 0 Å². The summed E-state index contributed by atoms with van der Waals surface area (Å²) in [4.78, 5) is 28.3. The number of allylic oxidation sites excluding steroid dienone is 1. The van der Waals surface area contributed by atoms with Crippen LogP contribution in [0.25, 0.3) is 0 Å². The topological polar surface area (TPSA) is 71.1 Å². The van der Waals surface area contributed by atoms with E-state index in [9.17, 15) is 9.59 Å². The molecule has 0 saturated heterocycles. The number of carbonyl (C=O) groups is 2. The van der Waals surface area contributed by atoms with E-state index in [0.29, 0.717) is 5.13 Å². The minimum Gasteiger partial charge on any atom is -0.383 e. The molecular formula is C13H13N3O2S. The molecule has 5 nitrogen and oxygen atoms in total. The summed E-state index contributed by atoms with van der Waals surface area (Å²) >= 11 is 1.32. The Morgan fingerprint density at radius 3 is 3.21 bits per heavy atom. The molecule has 1 aromatic rings. The summed E-state index contributed by atoms with van der Waals surface area (Å²) in [5.41, 5.74) is 0.873. The first-order valence-corrected chi connectivity index (χ1v) is 7.05. The highest BCUT2D eigenvalue weighted by molar-refractivity contribution is 7.13. The highest BCUT2D eigenvalue weighted by Gasteiger charge is 2.32. The number of hydrogen-bond acceptors (Lipinski definition) is 5. The Bertz CT molecular complexity index is 575. The molecule has 1 amide bonds. The molecule has 2 N–H and O–H groups in total. The predicted octanol–water partition coefficient (Wildman–Crippen LogP) is 1.62. The van der Waals surface area contributed by atoms with Crippen LogP contribution in [0, 0.1) is 0 Å². The van der Waals surface area contributed by atoms with E-state index in [0.717, 1.165) is 24.8 Å². The Balaban J connectivity index is 1.80. The van der Waals surface area contributed by atoms with Crippen molar-refractivity contribution in [3.8, 4) is 0 Å². The van der Waals surface area contributed by atoms with E-state index in [2.05, 4.69) is 15.6 Å². The smallest absolute Gasteiger partial charge is 0.262 e. The largest absolute Gasteiger partial charge is 0.383 e. The number of rotatable bonds is 2. The average molecular weight is 275 g/mol. The molecule has 1 unspecified atom stereocenters. The van der Waals surface area contributed by atoms with Crippen molar-refractivity contribution >= 4 is 28.2 Å². The lowest BCUT2D eigenvalue weighted by atomic mass is 9.86. The van der Waals surface area contributed by atoms with Crippen LogP contribution in [0.4, 0.5) is 5.13 Å². The van der Waals surface area contributed by atoms with Gasteiger partial charge in [0.2, 0.25) is 0 Å². The SMILES string of the molecule is O=C(Nc1nccs1)C1=CNC2CCCC=C2C1=O.